The predicted molar refractivity (Wildman–Crippen MR) is 154 cm³/mol. The molecule has 1 aromatic carbocycles. The van der Waals surface area contributed by atoms with Crippen LogP contribution in [-0.4, -0.2) is 146 Å². The molecule has 46 heavy (non-hydrogen) atoms. The molecule has 1 amide bonds. The number of piperidine rings is 1. The second-order valence-electron chi connectivity index (χ2n) is 13.5. The molecule has 0 spiro atoms. The second kappa shape index (κ2) is 13.0. The summed E-state index contributed by atoms with van der Waals surface area (Å²) in [4.78, 5) is 13.9. The summed E-state index contributed by atoms with van der Waals surface area (Å²) >= 11 is 0. The van der Waals surface area contributed by atoms with Crippen LogP contribution in [-0.2, 0) is 23.7 Å². The number of fused-ring (bicyclic) bond motifs is 4. The largest absolute Gasteiger partial charge is 0.487 e. The Morgan fingerprint density at radius 1 is 0.935 bits per heavy atom. The number of aliphatic hydroxyl groups is 7. The summed E-state index contributed by atoms with van der Waals surface area (Å²) in [6.45, 7) is 5.55. The Labute approximate surface area is 266 Å². The quantitative estimate of drug-likeness (QED) is 0.180. The maximum atomic E-state index is 12.0. The van der Waals surface area contributed by atoms with Gasteiger partial charge in [-0.3, -0.25) is 4.79 Å². The van der Waals surface area contributed by atoms with Crippen LogP contribution in [0.4, 0.5) is 0 Å². The van der Waals surface area contributed by atoms with Gasteiger partial charge in [0, 0.05) is 43.5 Å². The van der Waals surface area contributed by atoms with E-state index in [1.807, 2.05) is 24.8 Å². The van der Waals surface area contributed by atoms with Crippen LogP contribution in [0.3, 0.4) is 0 Å². The smallest absolute Gasteiger partial charge is 0.229 e. The zero-order chi connectivity index (χ0) is 33.1. The van der Waals surface area contributed by atoms with E-state index in [0.29, 0.717) is 18.8 Å². The molecule has 15 nitrogen and oxygen atoms in total. The molecule has 0 radical (unpaired) electrons. The first-order chi connectivity index (χ1) is 21.8. The van der Waals surface area contributed by atoms with E-state index in [4.69, 9.17) is 28.4 Å². The van der Waals surface area contributed by atoms with Gasteiger partial charge in [0.2, 0.25) is 12.2 Å². The van der Waals surface area contributed by atoms with E-state index < -0.39 is 80.2 Å². The van der Waals surface area contributed by atoms with E-state index >= 15 is 0 Å². The molecule has 7 N–H and O–H groups in total. The molecule has 5 aliphatic rings. The van der Waals surface area contributed by atoms with Gasteiger partial charge in [0.15, 0.2) is 6.29 Å². The molecule has 6 rings (SSSR count). The lowest BCUT2D eigenvalue weighted by molar-refractivity contribution is -0.352. The van der Waals surface area contributed by atoms with E-state index in [-0.39, 0.29) is 35.7 Å². The number of ether oxygens (including phenoxy) is 6. The number of aliphatic hydroxyl groups excluding tert-OH is 7. The molecule has 4 fully saturated rings. The Bertz CT molecular complexity index is 1250. The highest BCUT2D eigenvalue weighted by Crippen LogP contribution is 2.53. The number of benzene rings is 1. The van der Waals surface area contributed by atoms with Gasteiger partial charge in [-0.2, -0.15) is 0 Å². The third-order valence-electron chi connectivity index (χ3n) is 10.1. The summed E-state index contributed by atoms with van der Waals surface area (Å²) in [5.41, 5.74) is 0.254. The lowest BCUT2D eigenvalue weighted by atomic mass is 9.70. The van der Waals surface area contributed by atoms with Crippen LogP contribution >= 0.6 is 0 Å². The number of likely N-dealkylation sites (tertiary alicyclic amines) is 1. The minimum Gasteiger partial charge on any atom is -0.487 e. The van der Waals surface area contributed by atoms with E-state index in [9.17, 15) is 40.5 Å². The Balaban J connectivity index is 1.15. The summed E-state index contributed by atoms with van der Waals surface area (Å²) < 4.78 is 35.8. The van der Waals surface area contributed by atoms with Crippen molar-refractivity contribution in [3.05, 3.63) is 23.8 Å². The highest BCUT2D eigenvalue weighted by molar-refractivity contribution is 5.73. The average molecular weight is 656 g/mol. The zero-order valence-electron chi connectivity index (χ0n) is 26.0. The van der Waals surface area contributed by atoms with Crippen LogP contribution in [0.15, 0.2) is 18.2 Å². The molecule has 14 atom stereocenters. The van der Waals surface area contributed by atoms with Crippen molar-refractivity contribution in [3.8, 4) is 11.5 Å². The number of carbonyl (C=O) groups is 1. The molecular weight excluding hydrogens is 610 g/mol. The average Bonchev–Trinajstić information content (AvgIpc) is 3.03. The van der Waals surface area contributed by atoms with Gasteiger partial charge in [0.05, 0.1) is 25.4 Å². The normalized spacial score (nSPS) is 43.5. The SMILES string of the molecule is CC(=O)N1CC[C@H]2O[C@H]3c4ccc(O[C@@H]5O[C@H](CO)[C@@H](O[C@H]6O[C@H](CO)[C@@H](O)[C@H](O)[C@H]6O)[C@H](O)[C@H]5O)cc4OC(C)(C)[C@@H]3C[C@H]2C1. The van der Waals surface area contributed by atoms with Crippen LogP contribution in [0, 0.1) is 11.8 Å². The monoisotopic (exact) mass is 655 g/mol. The topological polar surface area (TPSA) is 217 Å². The fourth-order valence-corrected chi connectivity index (χ4v) is 7.43. The van der Waals surface area contributed by atoms with Crippen LogP contribution in [0.2, 0.25) is 0 Å². The summed E-state index contributed by atoms with van der Waals surface area (Å²) in [6, 6.07) is 5.18. The molecule has 0 bridgehead atoms. The molecule has 15 heteroatoms. The number of carbonyl (C=O) groups excluding carboxylic acids is 1. The lowest BCUT2D eigenvalue weighted by Gasteiger charge is -2.53. The number of nitrogens with zero attached hydrogens (tertiary/aromatic N) is 1. The highest BCUT2D eigenvalue weighted by atomic mass is 16.7. The van der Waals surface area contributed by atoms with Crippen molar-refractivity contribution >= 4 is 5.91 Å². The van der Waals surface area contributed by atoms with Crippen LogP contribution in [0.25, 0.3) is 0 Å². The summed E-state index contributed by atoms with van der Waals surface area (Å²) in [6.07, 6.45) is -14.1. The van der Waals surface area contributed by atoms with Crippen molar-refractivity contribution in [1.29, 1.82) is 0 Å². The summed E-state index contributed by atoms with van der Waals surface area (Å²) in [5.74, 6) is 1.13. The second-order valence-corrected chi connectivity index (χ2v) is 13.5. The zero-order valence-corrected chi connectivity index (χ0v) is 26.0. The number of amides is 1. The molecule has 258 valence electrons. The first kappa shape index (κ1) is 33.7. The van der Waals surface area contributed by atoms with Gasteiger partial charge in [-0.25, -0.2) is 0 Å². The first-order valence-corrected chi connectivity index (χ1v) is 15.8. The standard InChI is InChI=1S/C31H45NO14/c1-13(35)32-7-6-18-14(10-32)8-17-27(42-18)16-5-4-15(9-19(16)46-31(17,2)3)41-29-26(40)24(38)28(21(12-34)44-29)45-30-25(39)23(37)22(36)20(11-33)43-30/h4-5,9,14,17-18,20-30,33-34,36-40H,6-8,10-12H2,1-3H3/t14-,17+,18+,20+,21+,22+,23-,24+,25+,26+,27-,28+,29+,30+/m0/s1. The molecule has 5 aliphatic heterocycles. The van der Waals surface area contributed by atoms with Gasteiger partial charge < -0.3 is 69.1 Å². The molecule has 5 heterocycles. The van der Waals surface area contributed by atoms with Gasteiger partial charge in [-0.1, -0.05) is 0 Å². The van der Waals surface area contributed by atoms with Gasteiger partial charge >= 0.3 is 0 Å². The molecule has 0 unspecified atom stereocenters. The molecule has 0 saturated carbocycles. The summed E-state index contributed by atoms with van der Waals surface area (Å²) in [7, 11) is 0. The van der Waals surface area contributed by atoms with Gasteiger partial charge in [-0.15, -0.1) is 0 Å². The van der Waals surface area contributed by atoms with E-state index in [1.165, 1.54) is 0 Å². The predicted octanol–water partition coefficient (Wildman–Crippen LogP) is -1.82. The molecule has 0 aliphatic carbocycles. The maximum Gasteiger partial charge on any atom is 0.229 e. The molecule has 0 aromatic heterocycles. The number of hydrogen-bond donors (Lipinski definition) is 7. The van der Waals surface area contributed by atoms with Crippen molar-refractivity contribution in [2.75, 3.05) is 26.3 Å². The van der Waals surface area contributed by atoms with Gasteiger partial charge in [0.25, 0.3) is 0 Å². The van der Waals surface area contributed by atoms with Gasteiger partial charge in [-0.05, 0) is 38.8 Å². The van der Waals surface area contributed by atoms with E-state index in [2.05, 4.69) is 0 Å². The number of rotatable bonds is 6. The van der Waals surface area contributed by atoms with Crippen molar-refractivity contribution in [1.82, 2.24) is 4.90 Å². The Kier molecular flexibility index (Phi) is 9.57. The van der Waals surface area contributed by atoms with E-state index in [1.54, 1.807) is 19.1 Å². The Morgan fingerprint density at radius 2 is 1.63 bits per heavy atom. The third-order valence-corrected chi connectivity index (χ3v) is 10.1. The van der Waals surface area contributed by atoms with Crippen LogP contribution in [0.1, 0.15) is 45.3 Å². The fraction of sp³-hybridized carbons (Fsp3) is 0.774. The Hall–Kier alpha value is -2.15. The molecule has 4 saturated heterocycles. The first-order valence-electron chi connectivity index (χ1n) is 15.8. The fourth-order valence-electron chi connectivity index (χ4n) is 7.43. The van der Waals surface area contributed by atoms with Crippen molar-refractivity contribution in [2.24, 2.45) is 11.8 Å². The van der Waals surface area contributed by atoms with Gasteiger partial charge in [0.1, 0.15) is 65.9 Å². The van der Waals surface area contributed by atoms with Crippen molar-refractivity contribution < 1.29 is 69.0 Å². The minimum atomic E-state index is -1.76. The Morgan fingerprint density at radius 3 is 2.33 bits per heavy atom. The molecular formula is C31H45NO14. The van der Waals surface area contributed by atoms with E-state index in [0.717, 1.165) is 18.4 Å². The third kappa shape index (κ3) is 6.12. The molecule has 1 aromatic rings. The summed E-state index contributed by atoms with van der Waals surface area (Å²) in [5, 5.41) is 71.9. The van der Waals surface area contributed by atoms with Crippen molar-refractivity contribution in [2.45, 2.75) is 113 Å². The number of hydrogen-bond acceptors (Lipinski definition) is 14. The van der Waals surface area contributed by atoms with Crippen LogP contribution < -0.4 is 9.47 Å². The highest BCUT2D eigenvalue weighted by Gasteiger charge is 2.53. The maximum absolute atomic E-state index is 12.0. The van der Waals surface area contributed by atoms with Crippen LogP contribution in [0.5, 0.6) is 11.5 Å². The van der Waals surface area contributed by atoms with Crippen molar-refractivity contribution in [3.63, 3.8) is 0 Å². The lowest BCUT2D eigenvalue weighted by Crippen LogP contribution is -2.65. The minimum absolute atomic E-state index is 0.0235.